The fraction of sp³-hybridized carbons (Fsp3) is 0. The van der Waals surface area contributed by atoms with Gasteiger partial charge >= 0.3 is 0 Å². The predicted molar refractivity (Wildman–Crippen MR) is 46.9 cm³/mol. The van der Waals surface area contributed by atoms with Gasteiger partial charge in [0.2, 0.25) is 0 Å². The van der Waals surface area contributed by atoms with Crippen LogP contribution in [0.1, 0.15) is 0 Å². The standard InChI is InChI=1S/C8H6ClN2O2/c9-8-7(11(12)13-10-8)6-4-2-1-3-5-6/h1-5,10H/q+1. The molecule has 2 rings (SSSR count). The van der Waals surface area contributed by atoms with E-state index in [4.69, 9.17) is 11.6 Å². The number of aromatic nitrogens is 2. The topological polar surface area (TPSA) is 51.9 Å². The molecule has 2 aromatic rings. The Morgan fingerprint density at radius 1 is 1.31 bits per heavy atom. The molecule has 0 saturated carbocycles. The van der Waals surface area contributed by atoms with Crippen molar-refractivity contribution >= 4 is 11.6 Å². The normalized spacial score (nSPS) is 10.2. The Kier molecular flexibility index (Phi) is 1.90. The Bertz CT molecular complexity index is 460. The summed E-state index contributed by atoms with van der Waals surface area (Å²) >= 11 is 5.71. The summed E-state index contributed by atoms with van der Waals surface area (Å²) in [6.07, 6.45) is 0. The maximum Gasteiger partial charge on any atom is 0.291 e. The van der Waals surface area contributed by atoms with E-state index in [2.05, 4.69) is 9.79 Å². The first kappa shape index (κ1) is 8.07. The van der Waals surface area contributed by atoms with Gasteiger partial charge in [0, 0.05) is 5.56 Å². The molecule has 0 radical (unpaired) electrons. The predicted octanol–water partition coefficient (Wildman–Crippen LogP) is 1.84. The summed E-state index contributed by atoms with van der Waals surface area (Å²) in [5.74, 6) is 0. The van der Waals surface area contributed by atoms with Crippen molar-refractivity contribution in [1.29, 1.82) is 0 Å². The molecule has 0 unspecified atom stereocenters. The average molecular weight is 198 g/mol. The van der Waals surface area contributed by atoms with Gasteiger partial charge in [-0.2, -0.15) is 0 Å². The van der Waals surface area contributed by atoms with Crippen LogP contribution in [-0.2, 0) is 0 Å². The third-order valence-corrected chi connectivity index (χ3v) is 1.91. The molecule has 0 atom stereocenters. The Morgan fingerprint density at radius 2 is 2.00 bits per heavy atom. The third kappa shape index (κ3) is 1.36. The molecule has 0 aliphatic carbocycles. The summed E-state index contributed by atoms with van der Waals surface area (Å²) in [5, 5.41) is 2.47. The Balaban J connectivity index is 2.65. The monoisotopic (exact) mass is 197 g/mol. The second-order valence-electron chi connectivity index (χ2n) is 2.48. The van der Waals surface area contributed by atoms with Crippen molar-refractivity contribution in [3.8, 4) is 11.3 Å². The molecule has 4 nitrogen and oxygen atoms in total. The van der Waals surface area contributed by atoms with E-state index in [0.717, 1.165) is 0 Å². The highest BCUT2D eigenvalue weighted by Gasteiger charge is 2.19. The van der Waals surface area contributed by atoms with Crippen LogP contribution in [0.4, 0.5) is 0 Å². The lowest BCUT2D eigenvalue weighted by Gasteiger charge is -1.87. The maximum atomic E-state index is 11.1. The van der Waals surface area contributed by atoms with E-state index in [1.54, 1.807) is 12.1 Å². The number of hydrogen-bond donors (Lipinski definition) is 1. The van der Waals surface area contributed by atoms with Crippen molar-refractivity contribution in [2.24, 2.45) is 0 Å². The Hall–Kier alpha value is -1.55. The lowest BCUT2D eigenvalue weighted by Crippen LogP contribution is -2.11. The minimum Gasteiger partial charge on any atom is -0.0865 e. The maximum absolute atomic E-state index is 11.1. The summed E-state index contributed by atoms with van der Waals surface area (Å²) < 4.78 is 4.80. The lowest BCUT2D eigenvalue weighted by molar-refractivity contribution is -0.704. The molecule has 66 valence electrons. The fourth-order valence-corrected chi connectivity index (χ4v) is 1.30. The molecule has 1 aromatic carbocycles. The molecule has 0 saturated heterocycles. The van der Waals surface area contributed by atoms with Crippen LogP contribution < -0.4 is 4.60 Å². The number of nitrogens with zero attached hydrogens (tertiary/aromatic N) is 1. The second-order valence-corrected chi connectivity index (χ2v) is 2.86. The summed E-state index contributed by atoms with van der Waals surface area (Å²) in [6, 6.07) is 9.05. The average Bonchev–Trinajstić information content (AvgIpc) is 2.48. The van der Waals surface area contributed by atoms with Crippen LogP contribution in [0.2, 0.25) is 5.15 Å². The SMILES string of the molecule is O=[n+]1o[nH]c(Cl)c1-c1ccccc1. The van der Waals surface area contributed by atoms with Crippen molar-refractivity contribution < 1.29 is 9.23 Å². The highest BCUT2D eigenvalue weighted by Crippen LogP contribution is 2.20. The summed E-state index contributed by atoms with van der Waals surface area (Å²) in [5.41, 5.74) is 1.01. The highest BCUT2D eigenvalue weighted by molar-refractivity contribution is 6.31. The molecule has 0 amide bonds. The molecule has 13 heavy (non-hydrogen) atoms. The van der Waals surface area contributed by atoms with E-state index in [-0.39, 0.29) is 5.15 Å². The minimum atomic E-state index is 0.196. The van der Waals surface area contributed by atoms with Crippen molar-refractivity contribution in [1.82, 2.24) is 5.16 Å². The quantitative estimate of drug-likeness (QED) is 0.759. The molecule has 0 spiro atoms. The largest absolute Gasteiger partial charge is 0.291 e. The van der Waals surface area contributed by atoms with Gasteiger partial charge in [-0.3, -0.25) is 0 Å². The zero-order chi connectivity index (χ0) is 9.26. The van der Waals surface area contributed by atoms with E-state index in [9.17, 15) is 4.91 Å². The van der Waals surface area contributed by atoms with Crippen LogP contribution in [0.15, 0.2) is 35.0 Å². The Labute approximate surface area is 78.3 Å². The van der Waals surface area contributed by atoms with Gasteiger partial charge in [0.05, 0.1) is 0 Å². The molecule has 0 fully saturated rings. The van der Waals surface area contributed by atoms with Crippen molar-refractivity contribution in [2.75, 3.05) is 0 Å². The van der Waals surface area contributed by atoms with Crippen LogP contribution in [0, 0.1) is 4.91 Å². The van der Waals surface area contributed by atoms with Crippen molar-refractivity contribution in [3.63, 3.8) is 0 Å². The number of nitrogens with one attached hydrogen (secondary N) is 1. The molecule has 1 heterocycles. The zero-order valence-corrected chi connectivity index (χ0v) is 7.28. The lowest BCUT2D eigenvalue weighted by atomic mass is 10.2. The van der Waals surface area contributed by atoms with E-state index >= 15 is 0 Å². The van der Waals surface area contributed by atoms with Gasteiger partial charge in [-0.1, -0.05) is 40.1 Å². The van der Waals surface area contributed by atoms with Gasteiger partial charge in [-0.05, 0) is 16.5 Å². The van der Waals surface area contributed by atoms with Crippen LogP contribution >= 0.6 is 11.6 Å². The molecule has 1 aromatic heterocycles. The van der Waals surface area contributed by atoms with Crippen molar-refractivity contribution in [3.05, 3.63) is 40.4 Å². The van der Waals surface area contributed by atoms with Crippen LogP contribution in [0.3, 0.4) is 0 Å². The van der Waals surface area contributed by atoms with Gasteiger partial charge in [-0.15, -0.1) is 0 Å². The molecular formula is C8H6ClN2O2+. The summed E-state index contributed by atoms with van der Waals surface area (Å²) in [4.78, 5) is 11.1. The third-order valence-electron chi connectivity index (χ3n) is 1.66. The van der Waals surface area contributed by atoms with Gasteiger partial charge in [-0.25, -0.2) is 0 Å². The highest BCUT2D eigenvalue weighted by atomic mass is 35.5. The van der Waals surface area contributed by atoms with E-state index in [0.29, 0.717) is 15.9 Å². The van der Waals surface area contributed by atoms with Crippen LogP contribution in [0.25, 0.3) is 11.3 Å². The summed E-state index contributed by atoms with van der Waals surface area (Å²) in [6.45, 7) is 0. The van der Waals surface area contributed by atoms with Crippen molar-refractivity contribution in [2.45, 2.75) is 0 Å². The zero-order valence-electron chi connectivity index (χ0n) is 6.53. The number of hydrogen-bond acceptors (Lipinski definition) is 2. The second kappa shape index (κ2) is 3.06. The van der Waals surface area contributed by atoms with Gasteiger partial charge in [0.15, 0.2) is 4.60 Å². The van der Waals surface area contributed by atoms with E-state index < -0.39 is 0 Å². The molecule has 1 N–H and O–H groups in total. The minimum absolute atomic E-state index is 0.196. The molecular weight excluding hydrogens is 192 g/mol. The van der Waals surface area contributed by atoms with Gasteiger partial charge < -0.3 is 0 Å². The van der Waals surface area contributed by atoms with E-state index in [1.807, 2.05) is 18.2 Å². The smallest absolute Gasteiger partial charge is 0.0865 e. The Morgan fingerprint density at radius 3 is 2.54 bits per heavy atom. The first-order chi connectivity index (χ1) is 6.29. The molecule has 0 aliphatic rings. The number of rotatable bonds is 1. The fourth-order valence-electron chi connectivity index (χ4n) is 1.08. The number of benzene rings is 1. The summed E-state index contributed by atoms with van der Waals surface area (Å²) in [7, 11) is 0. The number of aromatic amines is 1. The molecule has 0 bridgehead atoms. The van der Waals surface area contributed by atoms with Crippen LogP contribution in [-0.4, -0.2) is 5.16 Å². The molecule has 0 aliphatic heterocycles. The van der Waals surface area contributed by atoms with Gasteiger partial charge in [0.1, 0.15) is 0 Å². The first-order valence-corrected chi connectivity index (χ1v) is 4.02. The first-order valence-electron chi connectivity index (χ1n) is 3.64. The molecule has 5 heteroatoms. The number of halogens is 1. The van der Waals surface area contributed by atoms with Gasteiger partial charge in [0.25, 0.3) is 10.8 Å². The number of H-pyrrole nitrogens is 1. The van der Waals surface area contributed by atoms with E-state index in [1.165, 1.54) is 0 Å². The van der Waals surface area contributed by atoms with Crippen LogP contribution in [0.5, 0.6) is 0 Å².